The minimum atomic E-state index is -0.324. The summed E-state index contributed by atoms with van der Waals surface area (Å²) in [6.45, 7) is 0.300. The Balaban J connectivity index is 1.75. The zero-order chi connectivity index (χ0) is 19.5. The van der Waals surface area contributed by atoms with Gasteiger partial charge < -0.3 is 9.30 Å². The first-order chi connectivity index (χ1) is 13.7. The number of benzene rings is 3. The summed E-state index contributed by atoms with van der Waals surface area (Å²) < 4.78 is 21.5. The van der Waals surface area contributed by atoms with Crippen LogP contribution in [0.2, 0.25) is 5.02 Å². The van der Waals surface area contributed by atoms with E-state index in [1.807, 2.05) is 65.3 Å². The van der Waals surface area contributed by atoms with Gasteiger partial charge in [-0.15, -0.1) is 0 Å². The van der Waals surface area contributed by atoms with E-state index in [1.54, 1.807) is 19.2 Å². The number of methoxy groups -OCH3 is 1. The maximum atomic E-state index is 14.3. The van der Waals surface area contributed by atoms with E-state index in [9.17, 15) is 4.39 Å². The van der Waals surface area contributed by atoms with Crippen molar-refractivity contribution in [3.05, 3.63) is 94.5 Å². The number of ether oxygens (including phenoxy) is 1. The monoisotopic (exact) mass is 392 g/mol. The van der Waals surface area contributed by atoms with Gasteiger partial charge in [0, 0.05) is 10.6 Å². The van der Waals surface area contributed by atoms with Crippen LogP contribution in [0.15, 0.2) is 66.7 Å². The normalized spacial score (nSPS) is 11.4. The highest BCUT2D eigenvalue weighted by Gasteiger charge is 2.13. The number of fused-ring (bicyclic) bond motifs is 1. The van der Waals surface area contributed by atoms with E-state index in [0.717, 1.165) is 28.2 Å². The molecule has 0 bridgehead atoms. The molecule has 0 saturated heterocycles. The lowest BCUT2D eigenvalue weighted by molar-refractivity contribution is 0.415. The second-order valence-electron chi connectivity index (χ2n) is 6.35. The molecule has 5 heteroatoms. The molecule has 4 rings (SSSR count). The van der Waals surface area contributed by atoms with Gasteiger partial charge in [-0.2, -0.15) is 0 Å². The zero-order valence-corrected chi connectivity index (χ0v) is 16.0. The fraction of sp³-hybridized carbons (Fsp3) is 0.0870. The average molecular weight is 393 g/mol. The quantitative estimate of drug-likeness (QED) is 0.413. The van der Waals surface area contributed by atoms with E-state index in [0.29, 0.717) is 17.1 Å². The standard InChI is InChI=1S/C23H18ClFN2O/c1-28-17-12-9-16(10-13-17)11-14-23-26-21-7-2-3-8-22(21)27(23)15-18-19(24)5-4-6-20(18)25/h2-14H,15H2,1H3. The minimum Gasteiger partial charge on any atom is -0.497 e. The van der Waals surface area contributed by atoms with Crippen LogP contribution in [0.4, 0.5) is 4.39 Å². The molecule has 3 nitrogen and oxygen atoms in total. The molecule has 4 aromatic rings. The van der Waals surface area contributed by atoms with Crippen molar-refractivity contribution < 1.29 is 9.13 Å². The third kappa shape index (κ3) is 3.64. The lowest BCUT2D eigenvalue weighted by Gasteiger charge is -2.10. The molecule has 0 radical (unpaired) electrons. The molecule has 140 valence electrons. The first-order valence-electron chi connectivity index (χ1n) is 8.86. The second kappa shape index (κ2) is 7.87. The fourth-order valence-corrected chi connectivity index (χ4v) is 3.34. The van der Waals surface area contributed by atoms with Crippen molar-refractivity contribution in [2.24, 2.45) is 0 Å². The number of para-hydroxylation sites is 2. The van der Waals surface area contributed by atoms with Crippen molar-refractivity contribution in [3.8, 4) is 5.75 Å². The van der Waals surface area contributed by atoms with Crippen molar-refractivity contribution in [1.82, 2.24) is 9.55 Å². The highest BCUT2D eigenvalue weighted by Crippen LogP contribution is 2.25. The number of rotatable bonds is 5. The molecular formula is C23H18ClFN2O. The highest BCUT2D eigenvalue weighted by atomic mass is 35.5. The Bertz CT molecular complexity index is 1130. The SMILES string of the molecule is COc1ccc(C=Cc2nc3ccccc3n2Cc2c(F)cccc2Cl)cc1. The molecule has 0 aliphatic carbocycles. The molecule has 3 aromatic carbocycles. The van der Waals surface area contributed by atoms with Crippen molar-refractivity contribution in [3.63, 3.8) is 0 Å². The van der Waals surface area contributed by atoms with Crippen LogP contribution in [-0.4, -0.2) is 16.7 Å². The van der Waals surface area contributed by atoms with Crippen LogP contribution >= 0.6 is 11.6 Å². The zero-order valence-electron chi connectivity index (χ0n) is 15.3. The molecule has 0 atom stereocenters. The Morgan fingerprint density at radius 3 is 2.54 bits per heavy atom. The van der Waals surface area contributed by atoms with Crippen LogP contribution in [0.25, 0.3) is 23.2 Å². The third-order valence-corrected chi connectivity index (χ3v) is 4.96. The molecule has 0 unspecified atom stereocenters. The summed E-state index contributed by atoms with van der Waals surface area (Å²) in [5.74, 6) is 1.21. The molecule has 0 N–H and O–H groups in total. The van der Waals surface area contributed by atoms with E-state index >= 15 is 0 Å². The summed E-state index contributed by atoms with van der Waals surface area (Å²) in [6, 6.07) is 20.3. The molecule has 0 aliphatic heterocycles. The van der Waals surface area contributed by atoms with E-state index in [-0.39, 0.29) is 5.82 Å². The Morgan fingerprint density at radius 2 is 1.79 bits per heavy atom. The fourth-order valence-electron chi connectivity index (χ4n) is 3.11. The summed E-state index contributed by atoms with van der Waals surface area (Å²) in [6.07, 6.45) is 3.90. The average Bonchev–Trinajstić information content (AvgIpc) is 3.07. The van der Waals surface area contributed by atoms with Crippen LogP contribution in [0.1, 0.15) is 17.0 Å². The Labute approximate surface area is 167 Å². The Kier molecular flexibility index (Phi) is 5.13. The van der Waals surface area contributed by atoms with Crippen LogP contribution in [0, 0.1) is 5.82 Å². The van der Waals surface area contributed by atoms with Crippen molar-refractivity contribution >= 4 is 34.8 Å². The van der Waals surface area contributed by atoms with Gasteiger partial charge in [0.25, 0.3) is 0 Å². The van der Waals surface area contributed by atoms with Crippen LogP contribution in [0.5, 0.6) is 5.75 Å². The molecule has 0 spiro atoms. The molecule has 28 heavy (non-hydrogen) atoms. The van der Waals surface area contributed by atoms with E-state index in [1.165, 1.54) is 6.07 Å². The number of halogens is 2. The van der Waals surface area contributed by atoms with Gasteiger partial charge in [0.05, 0.1) is 24.7 Å². The van der Waals surface area contributed by atoms with Crippen molar-refractivity contribution in [2.75, 3.05) is 7.11 Å². The van der Waals surface area contributed by atoms with E-state index in [2.05, 4.69) is 0 Å². The van der Waals surface area contributed by atoms with Gasteiger partial charge in [-0.05, 0) is 48.0 Å². The molecule has 0 saturated carbocycles. The number of hydrogen-bond acceptors (Lipinski definition) is 2. The summed E-state index contributed by atoms with van der Waals surface area (Å²) in [7, 11) is 1.64. The van der Waals surface area contributed by atoms with Crippen LogP contribution in [0.3, 0.4) is 0 Å². The summed E-state index contributed by atoms with van der Waals surface area (Å²) in [5.41, 5.74) is 3.25. The predicted octanol–water partition coefficient (Wildman–Crippen LogP) is 6.06. The molecule has 0 fully saturated rings. The van der Waals surface area contributed by atoms with Crippen molar-refractivity contribution in [1.29, 1.82) is 0 Å². The molecule has 1 heterocycles. The highest BCUT2D eigenvalue weighted by molar-refractivity contribution is 6.31. The second-order valence-corrected chi connectivity index (χ2v) is 6.76. The van der Waals surface area contributed by atoms with Crippen molar-refractivity contribution in [2.45, 2.75) is 6.54 Å². The van der Waals surface area contributed by atoms with Gasteiger partial charge in [-0.3, -0.25) is 0 Å². The first-order valence-corrected chi connectivity index (χ1v) is 9.24. The smallest absolute Gasteiger partial charge is 0.134 e. The Morgan fingerprint density at radius 1 is 1.00 bits per heavy atom. The van der Waals surface area contributed by atoms with E-state index in [4.69, 9.17) is 21.3 Å². The molecule has 0 aliphatic rings. The maximum Gasteiger partial charge on any atom is 0.134 e. The van der Waals surface area contributed by atoms with Crippen LogP contribution in [-0.2, 0) is 6.54 Å². The molecule has 1 aromatic heterocycles. The minimum absolute atomic E-state index is 0.300. The van der Waals surface area contributed by atoms with Gasteiger partial charge in [0.2, 0.25) is 0 Å². The van der Waals surface area contributed by atoms with Gasteiger partial charge in [0.15, 0.2) is 0 Å². The van der Waals surface area contributed by atoms with Gasteiger partial charge >= 0.3 is 0 Å². The van der Waals surface area contributed by atoms with Gasteiger partial charge in [0.1, 0.15) is 17.4 Å². The third-order valence-electron chi connectivity index (χ3n) is 4.60. The van der Waals surface area contributed by atoms with Gasteiger partial charge in [-0.1, -0.05) is 48.0 Å². The number of imidazole rings is 1. The van der Waals surface area contributed by atoms with E-state index < -0.39 is 0 Å². The Hall–Kier alpha value is -3.11. The van der Waals surface area contributed by atoms with Crippen LogP contribution < -0.4 is 4.74 Å². The van der Waals surface area contributed by atoms with Gasteiger partial charge in [-0.25, -0.2) is 9.37 Å². The molecular weight excluding hydrogens is 375 g/mol. The summed E-state index contributed by atoms with van der Waals surface area (Å²) in [5, 5.41) is 0.405. The lowest BCUT2D eigenvalue weighted by Crippen LogP contribution is -2.05. The number of hydrogen-bond donors (Lipinski definition) is 0. The summed E-state index contributed by atoms with van der Waals surface area (Å²) in [4.78, 5) is 4.70. The maximum absolute atomic E-state index is 14.3. The summed E-state index contributed by atoms with van der Waals surface area (Å²) >= 11 is 6.25. The lowest BCUT2D eigenvalue weighted by atomic mass is 10.2. The first kappa shape index (κ1) is 18.3. The molecule has 0 amide bonds. The number of nitrogens with zero attached hydrogens (tertiary/aromatic N) is 2. The largest absolute Gasteiger partial charge is 0.497 e. The number of aromatic nitrogens is 2. The topological polar surface area (TPSA) is 27.1 Å². The predicted molar refractivity (Wildman–Crippen MR) is 112 cm³/mol.